The van der Waals surface area contributed by atoms with Crippen molar-refractivity contribution in [3.63, 3.8) is 0 Å². The van der Waals surface area contributed by atoms with Crippen molar-refractivity contribution in [3.05, 3.63) is 35.4 Å². The Morgan fingerprint density at radius 3 is 2.53 bits per heavy atom. The maximum atomic E-state index is 11.6. The highest BCUT2D eigenvalue weighted by molar-refractivity contribution is 5.99. The molecule has 15 heavy (non-hydrogen) atoms. The van der Waals surface area contributed by atoms with E-state index in [0.29, 0.717) is 12.1 Å². The second kappa shape index (κ2) is 3.73. The summed E-state index contributed by atoms with van der Waals surface area (Å²) in [6.45, 7) is 2.48. The standard InChI is InChI=1S/C11H12N2O2/c1-7-2-4-8(5-3-7)10(14)13-9-6-12-11(9)15/h2-5,9H,6H2,1H3,(H,12,15)(H,13,14). The zero-order chi connectivity index (χ0) is 10.8. The Labute approximate surface area is 87.7 Å². The van der Waals surface area contributed by atoms with Crippen molar-refractivity contribution in [2.24, 2.45) is 0 Å². The largest absolute Gasteiger partial charge is 0.352 e. The van der Waals surface area contributed by atoms with E-state index >= 15 is 0 Å². The van der Waals surface area contributed by atoms with Crippen LogP contribution in [-0.2, 0) is 4.79 Å². The molecule has 1 fully saturated rings. The van der Waals surface area contributed by atoms with Gasteiger partial charge in [-0.05, 0) is 19.1 Å². The first-order chi connectivity index (χ1) is 7.16. The van der Waals surface area contributed by atoms with Gasteiger partial charge in [0.1, 0.15) is 6.04 Å². The normalized spacial score (nSPS) is 19.0. The Bertz CT molecular complexity index is 398. The van der Waals surface area contributed by atoms with E-state index in [4.69, 9.17) is 0 Å². The minimum Gasteiger partial charge on any atom is -0.352 e. The molecule has 0 aromatic heterocycles. The fourth-order valence-corrected chi connectivity index (χ4v) is 1.35. The van der Waals surface area contributed by atoms with E-state index in [1.165, 1.54) is 0 Å². The van der Waals surface area contributed by atoms with Crippen molar-refractivity contribution < 1.29 is 9.59 Å². The molecule has 2 rings (SSSR count). The Balaban J connectivity index is 2.01. The number of hydrogen-bond acceptors (Lipinski definition) is 2. The molecule has 1 unspecified atom stereocenters. The third kappa shape index (κ3) is 1.98. The Morgan fingerprint density at radius 1 is 1.40 bits per heavy atom. The molecular weight excluding hydrogens is 192 g/mol. The predicted octanol–water partition coefficient (Wildman–Crippen LogP) is 0.223. The van der Waals surface area contributed by atoms with E-state index in [-0.39, 0.29) is 17.9 Å². The summed E-state index contributed by atoms with van der Waals surface area (Å²) in [4.78, 5) is 22.5. The van der Waals surface area contributed by atoms with Crippen LogP contribution in [0.3, 0.4) is 0 Å². The van der Waals surface area contributed by atoms with Gasteiger partial charge in [-0.1, -0.05) is 17.7 Å². The molecule has 0 radical (unpaired) electrons. The Kier molecular flexibility index (Phi) is 2.41. The molecule has 0 spiro atoms. The minimum absolute atomic E-state index is 0.115. The fraction of sp³-hybridized carbons (Fsp3) is 0.273. The highest BCUT2D eigenvalue weighted by atomic mass is 16.2. The van der Waals surface area contributed by atoms with Crippen LogP contribution in [0.5, 0.6) is 0 Å². The molecule has 1 aromatic rings. The molecule has 0 saturated carbocycles. The summed E-state index contributed by atoms with van der Waals surface area (Å²) in [5.41, 5.74) is 1.69. The minimum atomic E-state index is -0.362. The number of carbonyl (C=O) groups is 2. The Morgan fingerprint density at radius 2 is 2.07 bits per heavy atom. The number of nitrogens with one attached hydrogen (secondary N) is 2. The first-order valence-electron chi connectivity index (χ1n) is 4.82. The lowest BCUT2D eigenvalue weighted by Gasteiger charge is -2.26. The van der Waals surface area contributed by atoms with Crippen molar-refractivity contribution in [3.8, 4) is 0 Å². The molecule has 1 atom stereocenters. The van der Waals surface area contributed by atoms with Gasteiger partial charge in [-0.25, -0.2) is 0 Å². The highest BCUT2D eigenvalue weighted by Gasteiger charge is 2.28. The first kappa shape index (κ1) is 9.71. The zero-order valence-electron chi connectivity index (χ0n) is 8.41. The lowest BCUT2D eigenvalue weighted by molar-refractivity contribution is -0.128. The zero-order valence-corrected chi connectivity index (χ0v) is 8.41. The molecule has 0 bridgehead atoms. The van der Waals surface area contributed by atoms with Crippen molar-refractivity contribution in [2.75, 3.05) is 6.54 Å². The van der Waals surface area contributed by atoms with Crippen LogP contribution < -0.4 is 10.6 Å². The number of carbonyl (C=O) groups excluding carboxylic acids is 2. The van der Waals surface area contributed by atoms with E-state index in [0.717, 1.165) is 5.56 Å². The molecule has 1 heterocycles. The number of benzene rings is 1. The van der Waals surface area contributed by atoms with Gasteiger partial charge < -0.3 is 10.6 Å². The van der Waals surface area contributed by atoms with Crippen LogP contribution in [0.4, 0.5) is 0 Å². The van der Waals surface area contributed by atoms with Gasteiger partial charge in [0, 0.05) is 12.1 Å². The molecular formula is C11H12N2O2. The summed E-state index contributed by atoms with van der Waals surface area (Å²) in [5.74, 6) is -0.315. The quantitative estimate of drug-likeness (QED) is 0.677. The van der Waals surface area contributed by atoms with Crippen molar-refractivity contribution in [1.82, 2.24) is 10.6 Å². The monoisotopic (exact) mass is 204 g/mol. The molecule has 78 valence electrons. The van der Waals surface area contributed by atoms with E-state index in [2.05, 4.69) is 10.6 Å². The maximum absolute atomic E-state index is 11.6. The highest BCUT2D eigenvalue weighted by Crippen LogP contribution is 2.04. The molecule has 1 aliphatic heterocycles. The number of aryl methyl sites for hydroxylation is 1. The summed E-state index contributed by atoms with van der Waals surface area (Å²) in [6.07, 6.45) is 0. The van der Waals surface area contributed by atoms with E-state index in [9.17, 15) is 9.59 Å². The second-order valence-corrected chi connectivity index (χ2v) is 3.64. The van der Waals surface area contributed by atoms with Gasteiger partial charge >= 0.3 is 0 Å². The summed E-state index contributed by atoms with van der Waals surface area (Å²) >= 11 is 0. The van der Waals surface area contributed by atoms with Crippen LogP contribution in [0.1, 0.15) is 15.9 Å². The topological polar surface area (TPSA) is 58.2 Å². The van der Waals surface area contributed by atoms with Crippen molar-refractivity contribution in [2.45, 2.75) is 13.0 Å². The third-order valence-corrected chi connectivity index (χ3v) is 2.42. The molecule has 0 aliphatic carbocycles. The van der Waals surface area contributed by atoms with Crippen molar-refractivity contribution in [1.29, 1.82) is 0 Å². The SMILES string of the molecule is Cc1ccc(C(=O)NC2CNC2=O)cc1. The lowest BCUT2D eigenvalue weighted by Crippen LogP contribution is -2.61. The number of amides is 2. The lowest BCUT2D eigenvalue weighted by atomic mass is 10.1. The van der Waals surface area contributed by atoms with Gasteiger partial charge in [0.25, 0.3) is 5.91 Å². The molecule has 2 N–H and O–H groups in total. The van der Waals surface area contributed by atoms with E-state index < -0.39 is 0 Å². The molecule has 4 heteroatoms. The van der Waals surface area contributed by atoms with Crippen molar-refractivity contribution >= 4 is 11.8 Å². The molecule has 1 aliphatic rings. The molecule has 4 nitrogen and oxygen atoms in total. The van der Waals surface area contributed by atoms with Gasteiger partial charge in [-0.3, -0.25) is 9.59 Å². The number of β-lactam (4-membered cyclic amide) rings is 1. The van der Waals surface area contributed by atoms with Crippen LogP contribution in [0, 0.1) is 6.92 Å². The average Bonchev–Trinajstić information content (AvgIpc) is 2.24. The van der Waals surface area contributed by atoms with Gasteiger partial charge in [0.2, 0.25) is 5.91 Å². The van der Waals surface area contributed by atoms with Gasteiger partial charge in [-0.15, -0.1) is 0 Å². The third-order valence-electron chi connectivity index (χ3n) is 2.42. The molecule has 1 aromatic carbocycles. The van der Waals surface area contributed by atoms with Gasteiger partial charge in [0.05, 0.1) is 0 Å². The first-order valence-corrected chi connectivity index (χ1v) is 4.82. The van der Waals surface area contributed by atoms with Crippen LogP contribution in [-0.4, -0.2) is 24.4 Å². The molecule has 2 amide bonds. The van der Waals surface area contributed by atoms with Crippen LogP contribution in [0.15, 0.2) is 24.3 Å². The van der Waals surface area contributed by atoms with Crippen LogP contribution in [0.2, 0.25) is 0 Å². The predicted molar refractivity (Wildman–Crippen MR) is 55.4 cm³/mol. The number of rotatable bonds is 2. The van der Waals surface area contributed by atoms with E-state index in [1.54, 1.807) is 12.1 Å². The van der Waals surface area contributed by atoms with Crippen LogP contribution >= 0.6 is 0 Å². The summed E-state index contributed by atoms with van der Waals surface area (Å²) in [7, 11) is 0. The van der Waals surface area contributed by atoms with E-state index in [1.807, 2.05) is 19.1 Å². The summed E-state index contributed by atoms with van der Waals surface area (Å²) in [5, 5.41) is 5.22. The second-order valence-electron chi connectivity index (χ2n) is 3.64. The van der Waals surface area contributed by atoms with Crippen LogP contribution in [0.25, 0.3) is 0 Å². The number of hydrogen-bond donors (Lipinski definition) is 2. The Hall–Kier alpha value is -1.84. The summed E-state index contributed by atoms with van der Waals surface area (Å²) in [6, 6.07) is 6.88. The smallest absolute Gasteiger partial charge is 0.251 e. The fourth-order valence-electron chi connectivity index (χ4n) is 1.35. The maximum Gasteiger partial charge on any atom is 0.251 e. The van der Waals surface area contributed by atoms with Gasteiger partial charge in [0.15, 0.2) is 0 Å². The summed E-state index contributed by atoms with van der Waals surface area (Å²) < 4.78 is 0. The average molecular weight is 204 g/mol. The van der Waals surface area contributed by atoms with Gasteiger partial charge in [-0.2, -0.15) is 0 Å². The molecule has 1 saturated heterocycles.